The highest BCUT2D eigenvalue weighted by Crippen LogP contribution is 2.32. The molecule has 0 radical (unpaired) electrons. The molecule has 0 aliphatic carbocycles. The van der Waals surface area contributed by atoms with E-state index in [-0.39, 0.29) is 16.9 Å². The number of benzene rings is 1. The highest BCUT2D eigenvalue weighted by molar-refractivity contribution is 5.38. The van der Waals surface area contributed by atoms with Crippen LogP contribution in [0.1, 0.15) is 84.1 Å². The largest absolute Gasteiger partial charge is 0.388 e. The summed E-state index contributed by atoms with van der Waals surface area (Å²) in [5.74, 6) is 0. The molecule has 1 N–H and O–H groups in total. The Balaban J connectivity index is 3.33. The molecule has 1 unspecified atom stereocenters. The van der Waals surface area contributed by atoms with Gasteiger partial charge in [-0.15, -0.1) is 0 Å². The van der Waals surface area contributed by atoms with Gasteiger partial charge >= 0.3 is 0 Å². The zero-order valence-electron chi connectivity index (χ0n) is 13.7. The van der Waals surface area contributed by atoms with Crippen LogP contribution in [0.25, 0.3) is 0 Å². The first-order valence-electron chi connectivity index (χ1n) is 7.39. The summed E-state index contributed by atoms with van der Waals surface area (Å²) in [4.78, 5) is 0. The van der Waals surface area contributed by atoms with Crippen molar-refractivity contribution in [3.63, 3.8) is 0 Å². The lowest BCUT2D eigenvalue weighted by Crippen LogP contribution is -2.17. The minimum atomic E-state index is -0.339. The summed E-state index contributed by atoms with van der Waals surface area (Å²) in [5.41, 5.74) is 3.92. The molecule has 108 valence electrons. The normalized spacial score (nSPS) is 14.5. The van der Waals surface area contributed by atoms with E-state index in [1.165, 1.54) is 11.1 Å². The predicted octanol–water partition coefficient (Wildman–Crippen LogP) is 5.12. The Labute approximate surface area is 119 Å². The van der Waals surface area contributed by atoms with E-state index in [1.54, 1.807) is 0 Å². The Morgan fingerprint density at radius 3 is 1.63 bits per heavy atom. The van der Waals surface area contributed by atoms with E-state index in [9.17, 15) is 5.11 Å². The number of aliphatic hydroxyl groups is 1. The number of rotatable bonds is 3. The monoisotopic (exact) mass is 262 g/mol. The number of hydrogen-bond acceptors (Lipinski definition) is 1. The molecule has 0 saturated heterocycles. The molecule has 0 aromatic heterocycles. The van der Waals surface area contributed by atoms with Crippen LogP contribution >= 0.6 is 0 Å². The van der Waals surface area contributed by atoms with Gasteiger partial charge in [-0.2, -0.15) is 0 Å². The molecule has 0 aliphatic heterocycles. The van der Waals surface area contributed by atoms with Gasteiger partial charge in [0.25, 0.3) is 0 Å². The smallest absolute Gasteiger partial charge is 0.0790 e. The third kappa shape index (κ3) is 4.35. The molecule has 0 saturated carbocycles. The molecule has 1 rings (SSSR count). The van der Waals surface area contributed by atoms with Gasteiger partial charge in [-0.05, 0) is 33.9 Å². The molecule has 0 amide bonds. The lowest BCUT2D eigenvalue weighted by atomic mass is 9.79. The fourth-order valence-electron chi connectivity index (χ4n) is 2.15. The van der Waals surface area contributed by atoms with E-state index in [0.717, 1.165) is 18.4 Å². The van der Waals surface area contributed by atoms with Crippen LogP contribution in [0.4, 0.5) is 0 Å². The van der Waals surface area contributed by atoms with Gasteiger partial charge in [0, 0.05) is 0 Å². The van der Waals surface area contributed by atoms with Crippen molar-refractivity contribution in [2.75, 3.05) is 0 Å². The molecular weight excluding hydrogens is 232 g/mol. The van der Waals surface area contributed by atoms with Crippen LogP contribution in [0.15, 0.2) is 18.2 Å². The molecule has 0 bridgehead atoms. The van der Waals surface area contributed by atoms with Crippen LogP contribution in [0.5, 0.6) is 0 Å². The van der Waals surface area contributed by atoms with Crippen molar-refractivity contribution >= 4 is 0 Å². The second kappa shape index (κ2) is 5.66. The van der Waals surface area contributed by atoms with Crippen LogP contribution in [0, 0.1) is 0 Å². The zero-order valence-corrected chi connectivity index (χ0v) is 13.7. The summed E-state index contributed by atoms with van der Waals surface area (Å²) in [5, 5.41) is 10.3. The van der Waals surface area contributed by atoms with Crippen LogP contribution in [0.3, 0.4) is 0 Å². The van der Waals surface area contributed by atoms with Crippen molar-refractivity contribution in [1.29, 1.82) is 0 Å². The van der Waals surface area contributed by atoms with Crippen molar-refractivity contribution in [1.82, 2.24) is 0 Å². The van der Waals surface area contributed by atoms with E-state index in [4.69, 9.17) is 0 Å². The molecule has 0 heterocycles. The fourth-order valence-corrected chi connectivity index (χ4v) is 2.15. The molecule has 1 heteroatoms. The lowest BCUT2D eigenvalue weighted by molar-refractivity contribution is 0.166. The van der Waals surface area contributed by atoms with Crippen molar-refractivity contribution in [2.24, 2.45) is 0 Å². The summed E-state index contributed by atoms with van der Waals surface area (Å²) >= 11 is 0. The zero-order chi connectivity index (χ0) is 14.8. The first-order chi connectivity index (χ1) is 8.55. The Kier molecular flexibility index (Phi) is 4.84. The summed E-state index contributed by atoms with van der Waals surface area (Å²) in [7, 11) is 0. The molecule has 19 heavy (non-hydrogen) atoms. The first kappa shape index (κ1) is 16.2. The first-order valence-corrected chi connectivity index (χ1v) is 7.39. The van der Waals surface area contributed by atoms with Gasteiger partial charge in [0.2, 0.25) is 0 Å². The Hall–Kier alpha value is -0.820. The summed E-state index contributed by atoms with van der Waals surface area (Å²) in [6.07, 6.45) is 1.50. The Morgan fingerprint density at radius 2 is 1.32 bits per heavy atom. The molecule has 1 aromatic carbocycles. The molecule has 1 aromatic rings. The highest BCUT2D eigenvalue weighted by Gasteiger charge is 2.22. The SMILES string of the molecule is CCCC(O)c1cc(C(C)(C)C)cc(C(C)(C)C)c1. The number of aliphatic hydroxyl groups excluding tert-OH is 1. The summed E-state index contributed by atoms with van der Waals surface area (Å²) < 4.78 is 0. The molecule has 0 aliphatic rings. The van der Waals surface area contributed by atoms with Gasteiger partial charge in [0.15, 0.2) is 0 Å². The average Bonchev–Trinajstić information content (AvgIpc) is 2.26. The molecule has 1 atom stereocenters. The van der Waals surface area contributed by atoms with E-state index >= 15 is 0 Å². The third-order valence-corrected chi connectivity index (χ3v) is 3.63. The second-order valence-electron chi connectivity index (χ2n) is 7.65. The fraction of sp³-hybridized carbons (Fsp3) is 0.667. The highest BCUT2D eigenvalue weighted by atomic mass is 16.3. The van der Waals surface area contributed by atoms with Gasteiger partial charge in [0.05, 0.1) is 6.10 Å². The van der Waals surface area contributed by atoms with E-state index in [2.05, 4.69) is 66.7 Å². The van der Waals surface area contributed by atoms with Crippen LogP contribution in [-0.4, -0.2) is 5.11 Å². The van der Waals surface area contributed by atoms with Gasteiger partial charge in [-0.25, -0.2) is 0 Å². The van der Waals surface area contributed by atoms with Gasteiger partial charge in [0.1, 0.15) is 0 Å². The molecule has 1 nitrogen and oxygen atoms in total. The maximum absolute atomic E-state index is 10.3. The predicted molar refractivity (Wildman–Crippen MR) is 83.7 cm³/mol. The van der Waals surface area contributed by atoms with Crippen LogP contribution < -0.4 is 0 Å². The molecule has 0 spiro atoms. The van der Waals surface area contributed by atoms with Gasteiger partial charge in [-0.3, -0.25) is 0 Å². The Bertz CT molecular complexity index is 386. The molecular formula is C18H30O. The topological polar surface area (TPSA) is 20.2 Å². The van der Waals surface area contributed by atoms with E-state index < -0.39 is 0 Å². The minimum absolute atomic E-state index is 0.113. The maximum atomic E-state index is 10.3. The van der Waals surface area contributed by atoms with Crippen LogP contribution in [-0.2, 0) is 10.8 Å². The average molecular weight is 262 g/mol. The van der Waals surface area contributed by atoms with Crippen molar-refractivity contribution in [2.45, 2.75) is 78.2 Å². The maximum Gasteiger partial charge on any atom is 0.0790 e. The quantitative estimate of drug-likeness (QED) is 0.802. The molecule has 0 fully saturated rings. The van der Waals surface area contributed by atoms with Crippen molar-refractivity contribution in [3.05, 3.63) is 34.9 Å². The van der Waals surface area contributed by atoms with Gasteiger partial charge < -0.3 is 5.11 Å². The van der Waals surface area contributed by atoms with Gasteiger partial charge in [-0.1, -0.05) is 73.1 Å². The number of hydrogen-bond donors (Lipinski definition) is 1. The Morgan fingerprint density at radius 1 is 0.895 bits per heavy atom. The van der Waals surface area contributed by atoms with Crippen LogP contribution in [0.2, 0.25) is 0 Å². The van der Waals surface area contributed by atoms with E-state index in [1.807, 2.05) is 0 Å². The standard InChI is InChI=1S/C18H30O/c1-8-9-16(19)13-10-14(17(2,3)4)12-15(11-13)18(5,6)7/h10-12,16,19H,8-9H2,1-7H3. The van der Waals surface area contributed by atoms with Crippen molar-refractivity contribution < 1.29 is 5.11 Å². The minimum Gasteiger partial charge on any atom is -0.388 e. The van der Waals surface area contributed by atoms with E-state index in [0.29, 0.717) is 0 Å². The summed E-state index contributed by atoms with van der Waals surface area (Å²) in [6, 6.07) is 6.65. The second-order valence-corrected chi connectivity index (χ2v) is 7.65. The third-order valence-electron chi connectivity index (χ3n) is 3.63. The van der Waals surface area contributed by atoms with Crippen molar-refractivity contribution in [3.8, 4) is 0 Å². The summed E-state index contributed by atoms with van der Waals surface area (Å²) in [6.45, 7) is 15.5. The lowest BCUT2D eigenvalue weighted by Gasteiger charge is -2.27.